The zero-order chi connectivity index (χ0) is 26.4. The predicted molar refractivity (Wildman–Crippen MR) is 141 cm³/mol. The largest absolute Gasteiger partial charge is 0.507 e. The molecule has 8 heteroatoms. The van der Waals surface area contributed by atoms with Gasteiger partial charge in [-0.25, -0.2) is 0 Å². The van der Waals surface area contributed by atoms with E-state index < -0.39 is 17.7 Å². The monoisotopic (exact) mass is 508 g/mol. The first-order valence-electron chi connectivity index (χ1n) is 13.1. The lowest BCUT2D eigenvalue weighted by Gasteiger charge is -2.27. The van der Waals surface area contributed by atoms with Crippen molar-refractivity contribution in [2.75, 3.05) is 46.0 Å². The van der Waals surface area contributed by atoms with Crippen molar-refractivity contribution in [3.63, 3.8) is 0 Å². The number of likely N-dealkylation sites (tertiary alicyclic amines) is 1. The zero-order valence-electron chi connectivity index (χ0n) is 21.9. The number of carbonyl (C=O) groups is 2. The van der Waals surface area contributed by atoms with Gasteiger partial charge < -0.3 is 29.1 Å². The van der Waals surface area contributed by atoms with Crippen molar-refractivity contribution in [3.05, 3.63) is 59.2 Å². The topological polar surface area (TPSA) is 88.5 Å². The third kappa shape index (κ3) is 5.74. The molecule has 0 saturated carbocycles. The van der Waals surface area contributed by atoms with Gasteiger partial charge in [-0.05, 0) is 68.4 Å². The summed E-state index contributed by atoms with van der Waals surface area (Å²) in [4.78, 5) is 30.4. The third-order valence-electron chi connectivity index (χ3n) is 6.79. The van der Waals surface area contributed by atoms with Crippen LogP contribution in [0.15, 0.2) is 48.0 Å². The van der Waals surface area contributed by atoms with E-state index in [1.165, 1.54) is 0 Å². The summed E-state index contributed by atoms with van der Waals surface area (Å²) >= 11 is 0. The number of fused-ring (bicyclic) bond motifs is 1. The van der Waals surface area contributed by atoms with Gasteiger partial charge in [0, 0.05) is 12.1 Å². The Labute approximate surface area is 218 Å². The maximum absolute atomic E-state index is 13.3. The summed E-state index contributed by atoms with van der Waals surface area (Å²) in [5, 5.41) is 11.4. The molecule has 37 heavy (non-hydrogen) atoms. The number of amides is 1. The van der Waals surface area contributed by atoms with Crippen molar-refractivity contribution in [1.29, 1.82) is 0 Å². The molecule has 0 bridgehead atoms. The van der Waals surface area contributed by atoms with Crippen molar-refractivity contribution in [1.82, 2.24) is 9.80 Å². The molecule has 2 aliphatic heterocycles. The minimum Gasteiger partial charge on any atom is -0.507 e. The lowest BCUT2D eigenvalue weighted by molar-refractivity contribution is -0.140. The van der Waals surface area contributed by atoms with Crippen LogP contribution in [0, 0.1) is 0 Å². The van der Waals surface area contributed by atoms with Gasteiger partial charge in [-0.2, -0.15) is 0 Å². The van der Waals surface area contributed by atoms with Crippen molar-refractivity contribution in [2.24, 2.45) is 0 Å². The minimum absolute atomic E-state index is 0.0757. The third-order valence-corrected chi connectivity index (χ3v) is 6.79. The molecule has 0 aliphatic carbocycles. The van der Waals surface area contributed by atoms with Crippen LogP contribution in [0.2, 0.25) is 0 Å². The van der Waals surface area contributed by atoms with Crippen LogP contribution in [0.3, 0.4) is 0 Å². The maximum Gasteiger partial charge on any atom is 0.295 e. The number of hydrogen-bond acceptors (Lipinski definition) is 7. The lowest BCUT2D eigenvalue weighted by atomic mass is 9.95. The summed E-state index contributed by atoms with van der Waals surface area (Å²) in [5.41, 5.74) is 1.22. The zero-order valence-corrected chi connectivity index (χ0v) is 21.9. The van der Waals surface area contributed by atoms with Gasteiger partial charge in [0.2, 0.25) is 0 Å². The van der Waals surface area contributed by atoms with Crippen LogP contribution >= 0.6 is 0 Å². The Morgan fingerprint density at radius 3 is 2.41 bits per heavy atom. The molecule has 1 unspecified atom stereocenters. The normalized spacial score (nSPS) is 18.5. The summed E-state index contributed by atoms with van der Waals surface area (Å²) in [5.74, 6) is 0.284. The first-order valence-corrected chi connectivity index (χ1v) is 13.1. The molecule has 1 amide bonds. The van der Waals surface area contributed by atoms with Crippen LogP contribution in [0.25, 0.3) is 5.76 Å². The molecule has 198 valence electrons. The van der Waals surface area contributed by atoms with E-state index in [0.717, 1.165) is 37.4 Å². The fraction of sp³-hybridized carbons (Fsp3) is 0.448. The fourth-order valence-corrected chi connectivity index (χ4v) is 4.77. The average Bonchev–Trinajstić information content (AvgIpc) is 3.18. The van der Waals surface area contributed by atoms with Crippen molar-refractivity contribution < 1.29 is 28.9 Å². The van der Waals surface area contributed by atoms with Crippen molar-refractivity contribution in [2.45, 2.75) is 39.7 Å². The molecule has 2 heterocycles. The number of aliphatic hydroxyl groups is 1. The number of ketones is 1. The van der Waals surface area contributed by atoms with Crippen LogP contribution in [0.5, 0.6) is 17.2 Å². The molecule has 2 aromatic rings. The Morgan fingerprint density at radius 2 is 1.73 bits per heavy atom. The molecule has 2 aromatic carbocycles. The Balaban J connectivity index is 1.71. The summed E-state index contributed by atoms with van der Waals surface area (Å²) < 4.78 is 17.0. The Kier molecular flexibility index (Phi) is 8.71. The van der Waals surface area contributed by atoms with Gasteiger partial charge in [-0.1, -0.05) is 32.9 Å². The molecule has 4 rings (SSSR count). The van der Waals surface area contributed by atoms with Gasteiger partial charge in [0.1, 0.15) is 24.7 Å². The van der Waals surface area contributed by atoms with E-state index in [4.69, 9.17) is 14.2 Å². The quantitative estimate of drug-likeness (QED) is 0.273. The number of aliphatic hydroxyl groups excluding tert-OH is 1. The highest BCUT2D eigenvalue weighted by atomic mass is 16.6. The van der Waals surface area contributed by atoms with E-state index in [1.54, 1.807) is 23.1 Å². The number of ether oxygens (including phenoxy) is 3. The molecule has 2 aliphatic rings. The second kappa shape index (κ2) is 12.1. The fourth-order valence-electron chi connectivity index (χ4n) is 4.77. The number of hydrogen-bond donors (Lipinski definition) is 1. The maximum atomic E-state index is 13.3. The smallest absolute Gasteiger partial charge is 0.295 e. The van der Waals surface area contributed by atoms with Gasteiger partial charge in [0.15, 0.2) is 11.5 Å². The van der Waals surface area contributed by atoms with Crippen LogP contribution in [0.1, 0.15) is 50.8 Å². The number of Topliss-reactive ketones (excluding diaryl/α,β-unsaturated/α-hetero) is 1. The first kappa shape index (κ1) is 26.5. The molecular formula is C29H36N2O6. The number of rotatable bonds is 11. The van der Waals surface area contributed by atoms with E-state index in [2.05, 4.69) is 18.7 Å². The van der Waals surface area contributed by atoms with Gasteiger partial charge in [0.25, 0.3) is 11.7 Å². The van der Waals surface area contributed by atoms with Gasteiger partial charge in [0.05, 0.1) is 18.2 Å². The Bertz CT molecular complexity index is 1140. The second-order valence-corrected chi connectivity index (χ2v) is 9.15. The summed E-state index contributed by atoms with van der Waals surface area (Å²) in [6.07, 6.45) is 1.61. The Morgan fingerprint density at radius 1 is 1.03 bits per heavy atom. The predicted octanol–water partition coefficient (Wildman–Crippen LogP) is 4.40. The van der Waals surface area contributed by atoms with Crippen molar-refractivity contribution >= 4 is 17.4 Å². The molecular weight excluding hydrogens is 472 g/mol. The highest BCUT2D eigenvalue weighted by molar-refractivity contribution is 6.46. The van der Waals surface area contributed by atoms with Crippen LogP contribution < -0.4 is 14.2 Å². The van der Waals surface area contributed by atoms with Crippen LogP contribution in [0.4, 0.5) is 0 Å². The standard InChI is InChI=1S/C29H36N2O6/c1-4-16-35-22-11-8-20(9-12-22)26-25(27(32)21-10-13-23-24(19-21)37-18-17-36-23)28(33)29(34)31(26)15-7-14-30(5-2)6-3/h8-13,19,26,32H,4-7,14-18H2,1-3H3. The minimum atomic E-state index is -0.704. The SMILES string of the molecule is CCCOc1ccc(C2C(=C(O)c3ccc4c(c3)OCCO4)C(=O)C(=O)N2CCCN(CC)CC)cc1. The summed E-state index contributed by atoms with van der Waals surface area (Å²) in [6.45, 7) is 10.8. The van der Waals surface area contributed by atoms with Gasteiger partial charge in [-0.3, -0.25) is 9.59 Å². The van der Waals surface area contributed by atoms with E-state index in [9.17, 15) is 14.7 Å². The first-order chi connectivity index (χ1) is 18.0. The highest BCUT2D eigenvalue weighted by Gasteiger charge is 2.45. The number of carbonyl (C=O) groups excluding carboxylic acids is 2. The van der Waals surface area contributed by atoms with Crippen LogP contribution in [-0.4, -0.2) is 72.6 Å². The average molecular weight is 509 g/mol. The Hall–Kier alpha value is -3.52. The number of benzene rings is 2. The number of nitrogens with zero attached hydrogens (tertiary/aromatic N) is 2. The molecule has 0 spiro atoms. The van der Waals surface area contributed by atoms with Crippen molar-refractivity contribution in [3.8, 4) is 17.2 Å². The highest BCUT2D eigenvalue weighted by Crippen LogP contribution is 2.41. The van der Waals surface area contributed by atoms with E-state index in [-0.39, 0.29) is 11.3 Å². The van der Waals surface area contributed by atoms with Gasteiger partial charge >= 0.3 is 0 Å². The van der Waals surface area contributed by atoms with E-state index >= 15 is 0 Å². The molecule has 1 atom stereocenters. The summed E-state index contributed by atoms with van der Waals surface area (Å²) in [7, 11) is 0. The van der Waals surface area contributed by atoms with Crippen LogP contribution in [-0.2, 0) is 9.59 Å². The lowest BCUT2D eigenvalue weighted by Crippen LogP contribution is -2.33. The second-order valence-electron chi connectivity index (χ2n) is 9.15. The van der Waals surface area contributed by atoms with Gasteiger partial charge in [-0.15, -0.1) is 0 Å². The molecule has 1 N–H and O–H groups in total. The molecule has 8 nitrogen and oxygen atoms in total. The van der Waals surface area contributed by atoms with E-state index in [1.807, 2.05) is 31.2 Å². The molecule has 1 saturated heterocycles. The molecule has 1 fully saturated rings. The summed E-state index contributed by atoms with van der Waals surface area (Å²) in [6, 6.07) is 11.7. The molecule has 0 aromatic heterocycles. The van der Waals surface area contributed by atoms with E-state index in [0.29, 0.717) is 49.8 Å². The molecule has 0 radical (unpaired) electrons.